The van der Waals surface area contributed by atoms with Crippen LogP contribution in [0.5, 0.6) is 0 Å². The summed E-state index contributed by atoms with van der Waals surface area (Å²) in [6.45, 7) is 5.08. The maximum atomic E-state index is 15.2. The number of anilines is 1. The van der Waals surface area contributed by atoms with Crippen molar-refractivity contribution in [2.75, 3.05) is 18.8 Å². The summed E-state index contributed by atoms with van der Waals surface area (Å²) in [7, 11) is 0. The Morgan fingerprint density at radius 1 is 1.10 bits per heavy atom. The van der Waals surface area contributed by atoms with Gasteiger partial charge in [0.15, 0.2) is 23.1 Å². The van der Waals surface area contributed by atoms with Gasteiger partial charge < -0.3 is 16.0 Å². The molecular weight excluding hydrogens is 533 g/mol. The Labute approximate surface area is 241 Å². The molecule has 1 fully saturated rings. The van der Waals surface area contributed by atoms with Gasteiger partial charge in [0.05, 0.1) is 5.56 Å². The molecular formula is C31H30FN9O. The Balaban J connectivity index is 1.26. The molecule has 5 aromatic rings. The van der Waals surface area contributed by atoms with Crippen LogP contribution < -0.4 is 11.1 Å². The van der Waals surface area contributed by atoms with Crippen LogP contribution in [-0.4, -0.2) is 59.2 Å². The van der Waals surface area contributed by atoms with E-state index in [0.717, 1.165) is 44.5 Å². The normalized spacial score (nSPS) is 17.1. The third-order valence-corrected chi connectivity index (χ3v) is 8.25. The number of aryl methyl sites for hydroxylation is 1. The van der Waals surface area contributed by atoms with Gasteiger partial charge in [-0.15, -0.1) is 0 Å². The summed E-state index contributed by atoms with van der Waals surface area (Å²) in [5.41, 5.74) is 11.2. The SMILES string of the molecule is C=CC(=O)N1CCC(NC2CCc3cc(-n4c(-c5cccnc5N)nc5cc(F)c(-n6cccn6)nc54)ccc32)CC1. The van der Waals surface area contributed by atoms with Crippen molar-refractivity contribution in [3.63, 3.8) is 0 Å². The number of halogens is 1. The molecule has 0 saturated carbocycles. The predicted octanol–water partition coefficient (Wildman–Crippen LogP) is 4.14. The van der Waals surface area contributed by atoms with Gasteiger partial charge in [0, 0.05) is 55.5 Å². The first-order valence-corrected chi connectivity index (χ1v) is 14.1. The third-order valence-electron chi connectivity index (χ3n) is 8.25. The van der Waals surface area contributed by atoms with Crippen molar-refractivity contribution < 1.29 is 9.18 Å². The highest BCUT2D eigenvalue weighted by Crippen LogP contribution is 2.36. The van der Waals surface area contributed by atoms with Crippen molar-refractivity contribution in [3.8, 4) is 22.9 Å². The number of carbonyl (C=O) groups excluding carboxylic acids is 1. The first kappa shape index (κ1) is 26.0. The second kappa shape index (κ2) is 10.5. The van der Waals surface area contributed by atoms with E-state index in [1.165, 1.54) is 28.0 Å². The van der Waals surface area contributed by atoms with E-state index in [0.29, 0.717) is 34.4 Å². The topological polar surface area (TPSA) is 120 Å². The zero-order chi connectivity index (χ0) is 28.8. The van der Waals surface area contributed by atoms with E-state index in [9.17, 15) is 4.79 Å². The monoisotopic (exact) mass is 563 g/mol. The molecule has 4 aromatic heterocycles. The van der Waals surface area contributed by atoms with Crippen LogP contribution in [0, 0.1) is 5.82 Å². The van der Waals surface area contributed by atoms with Gasteiger partial charge in [-0.3, -0.25) is 9.36 Å². The number of hydrogen-bond acceptors (Lipinski definition) is 7. The van der Waals surface area contributed by atoms with Gasteiger partial charge in [-0.25, -0.2) is 24.0 Å². The highest BCUT2D eigenvalue weighted by atomic mass is 19.1. The van der Waals surface area contributed by atoms with Crippen LogP contribution >= 0.6 is 0 Å². The molecule has 212 valence electrons. The summed E-state index contributed by atoms with van der Waals surface area (Å²) in [5, 5.41) is 8.02. The number of aromatic nitrogens is 6. The third kappa shape index (κ3) is 4.51. The summed E-state index contributed by atoms with van der Waals surface area (Å²) in [4.78, 5) is 27.6. The lowest BCUT2D eigenvalue weighted by atomic mass is 10.0. The number of nitrogen functional groups attached to an aromatic ring is 1. The summed E-state index contributed by atoms with van der Waals surface area (Å²) >= 11 is 0. The number of piperidine rings is 1. The Morgan fingerprint density at radius 2 is 1.95 bits per heavy atom. The molecule has 1 amide bonds. The van der Waals surface area contributed by atoms with Crippen LogP contribution in [0.3, 0.4) is 0 Å². The second-order valence-corrected chi connectivity index (χ2v) is 10.7. The largest absolute Gasteiger partial charge is 0.383 e. The molecule has 2 aliphatic rings. The van der Waals surface area contributed by atoms with Crippen LogP contribution in [0.25, 0.3) is 34.1 Å². The molecule has 1 aliphatic carbocycles. The fourth-order valence-corrected chi connectivity index (χ4v) is 6.15. The summed E-state index contributed by atoms with van der Waals surface area (Å²) in [5.74, 6) is 0.428. The first-order valence-electron chi connectivity index (χ1n) is 14.1. The fraction of sp³-hybridized carbons (Fsp3) is 0.258. The van der Waals surface area contributed by atoms with Gasteiger partial charge in [-0.05, 0) is 73.2 Å². The number of nitrogens with one attached hydrogen (secondary N) is 1. The van der Waals surface area contributed by atoms with Gasteiger partial charge in [-0.1, -0.05) is 12.6 Å². The molecule has 0 radical (unpaired) electrons. The molecule has 1 saturated heterocycles. The summed E-state index contributed by atoms with van der Waals surface area (Å²) in [6, 6.07) is 13.7. The van der Waals surface area contributed by atoms with E-state index >= 15 is 4.39 Å². The smallest absolute Gasteiger partial charge is 0.245 e. The number of rotatable bonds is 6. The Kier molecular flexibility index (Phi) is 6.50. The van der Waals surface area contributed by atoms with Crippen LogP contribution in [0.2, 0.25) is 0 Å². The zero-order valence-corrected chi connectivity index (χ0v) is 22.9. The van der Waals surface area contributed by atoms with E-state index in [1.54, 1.807) is 30.7 Å². The van der Waals surface area contributed by atoms with E-state index in [4.69, 9.17) is 15.7 Å². The van der Waals surface area contributed by atoms with Crippen molar-refractivity contribution in [1.82, 2.24) is 39.5 Å². The number of likely N-dealkylation sites (tertiary alicyclic amines) is 1. The molecule has 1 unspecified atom stereocenters. The molecule has 3 N–H and O–H groups in total. The highest BCUT2D eigenvalue weighted by molar-refractivity contribution is 5.87. The minimum absolute atomic E-state index is 0.000554. The van der Waals surface area contributed by atoms with Crippen molar-refractivity contribution >= 4 is 22.9 Å². The molecule has 42 heavy (non-hydrogen) atoms. The summed E-state index contributed by atoms with van der Waals surface area (Å²) < 4.78 is 18.5. The van der Waals surface area contributed by atoms with Gasteiger partial charge in [0.2, 0.25) is 5.91 Å². The molecule has 1 atom stereocenters. The van der Waals surface area contributed by atoms with Gasteiger partial charge >= 0.3 is 0 Å². The Bertz CT molecular complexity index is 1810. The van der Waals surface area contributed by atoms with E-state index < -0.39 is 5.82 Å². The number of fused-ring (bicyclic) bond motifs is 2. The van der Waals surface area contributed by atoms with Crippen molar-refractivity contribution in [2.45, 2.75) is 37.8 Å². The van der Waals surface area contributed by atoms with Crippen molar-refractivity contribution in [3.05, 3.63) is 90.7 Å². The first-order chi connectivity index (χ1) is 20.5. The van der Waals surface area contributed by atoms with Crippen LogP contribution in [0.1, 0.15) is 36.4 Å². The number of nitrogens with two attached hydrogens (primary N) is 1. The number of benzene rings is 1. The van der Waals surface area contributed by atoms with Crippen molar-refractivity contribution in [2.24, 2.45) is 0 Å². The molecule has 0 spiro atoms. The lowest BCUT2D eigenvalue weighted by Gasteiger charge is -2.33. The number of hydrogen-bond donors (Lipinski definition) is 2. The van der Waals surface area contributed by atoms with E-state index in [1.807, 2.05) is 15.5 Å². The second-order valence-electron chi connectivity index (χ2n) is 10.7. The van der Waals surface area contributed by atoms with Gasteiger partial charge in [-0.2, -0.15) is 5.10 Å². The standard InChI is InChI=1S/C31H30FN9O/c1-2-27(42)39-15-10-20(11-16-39)36-25-9-6-19-17-21(7-8-22(19)25)41-29(23-5-3-12-34-28(23)33)37-26-18-24(32)30(38-31(26)41)40-14-4-13-35-40/h2-5,7-8,12-14,17-18,20,25,36H,1,6,9-11,15-16H2,(H2,33,34). The maximum absolute atomic E-state index is 15.2. The minimum atomic E-state index is -0.524. The fourth-order valence-electron chi connectivity index (χ4n) is 6.15. The molecule has 1 aromatic carbocycles. The Hall–Kier alpha value is -4.90. The average molecular weight is 564 g/mol. The van der Waals surface area contributed by atoms with E-state index in [2.05, 4.69) is 40.2 Å². The number of pyridine rings is 2. The minimum Gasteiger partial charge on any atom is -0.383 e. The van der Waals surface area contributed by atoms with Gasteiger partial charge in [0.1, 0.15) is 11.3 Å². The highest BCUT2D eigenvalue weighted by Gasteiger charge is 2.29. The molecule has 11 heteroatoms. The predicted molar refractivity (Wildman–Crippen MR) is 158 cm³/mol. The number of carbonyl (C=O) groups is 1. The van der Waals surface area contributed by atoms with E-state index in [-0.39, 0.29) is 17.8 Å². The quantitative estimate of drug-likeness (QED) is 0.298. The van der Waals surface area contributed by atoms with Crippen LogP contribution in [0.15, 0.2) is 73.7 Å². The maximum Gasteiger partial charge on any atom is 0.245 e. The Morgan fingerprint density at radius 3 is 2.71 bits per heavy atom. The zero-order valence-electron chi connectivity index (χ0n) is 22.9. The number of imidazole rings is 1. The summed E-state index contributed by atoms with van der Waals surface area (Å²) in [6.07, 6.45) is 10.0. The average Bonchev–Trinajstić information content (AvgIpc) is 3.76. The molecule has 1 aliphatic heterocycles. The molecule has 7 rings (SSSR count). The van der Waals surface area contributed by atoms with Gasteiger partial charge in [0.25, 0.3) is 0 Å². The lowest BCUT2D eigenvalue weighted by Crippen LogP contribution is -2.45. The molecule has 5 heterocycles. The molecule has 0 bridgehead atoms. The lowest BCUT2D eigenvalue weighted by molar-refractivity contribution is -0.127. The molecule has 10 nitrogen and oxygen atoms in total. The number of nitrogens with zero attached hydrogens (tertiary/aromatic N) is 7. The van der Waals surface area contributed by atoms with Crippen LogP contribution in [-0.2, 0) is 11.2 Å². The van der Waals surface area contributed by atoms with Crippen molar-refractivity contribution in [1.29, 1.82) is 0 Å². The number of amides is 1. The van der Waals surface area contributed by atoms with Crippen LogP contribution in [0.4, 0.5) is 10.2 Å².